The van der Waals surface area contributed by atoms with Crippen molar-refractivity contribution < 1.29 is 9.59 Å². The van der Waals surface area contributed by atoms with Gasteiger partial charge in [0.25, 0.3) is 5.91 Å². The zero-order chi connectivity index (χ0) is 22.7. The van der Waals surface area contributed by atoms with E-state index in [-0.39, 0.29) is 18.0 Å². The van der Waals surface area contributed by atoms with Gasteiger partial charge in [0, 0.05) is 75.2 Å². The molecule has 9 nitrogen and oxygen atoms in total. The highest BCUT2D eigenvalue weighted by molar-refractivity contribution is 5.94. The van der Waals surface area contributed by atoms with Crippen molar-refractivity contribution in [3.05, 3.63) is 46.8 Å². The van der Waals surface area contributed by atoms with E-state index < -0.39 is 0 Å². The molecule has 0 saturated carbocycles. The fourth-order valence-corrected chi connectivity index (χ4v) is 4.17. The Kier molecular flexibility index (Phi) is 6.76. The molecule has 2 aliphatic heterocycles. The number of anilines is 1. The normalized spacial score (nSPS) is 16.7. The van der Waals surface area contributed by atoms with E-state index in [0.29, 0.717) is 18.8 Å². The minimum Gasteiger partial charge on any atom is -0.347 e. The number of benzene rings is 1. The van der Waals surface area contributed by atoms with Crippen molar-refractivity contribution in [2.45, 2.75) is 39.4 Å². The van der Waals surface area contributed by atoms with Gasteiger partial charge >= 0.3 is 6.03 Å². The maximum absolute atomic E-state index is 12.9. The molecule has 172 valence electrons. The van der Waals surface area contributed by atoms with Gasteiger partial charge in [0.1, 0.15) is 0 Å². The molecule has 2 aromatic rings. The molecule has 0 atom stereocenters. The third-order valence-electron chi connectivity index (χ3n) is 6.11. The molecule has 1 saturated heterocycles. The minimum absolute atomic E-state index is 0.0710. The summed E-state index contributed by atoms with van der Waals surface area (Å²) in [6, 6.07) is 7.73. The molecule has 0 radical (unpaired) electrons. The van der Waals surface area contributed by atoms with Gasteiger partial charge in [0.2, 0.25) is 0 Å². The molecule has 1 aromatic carbocycles. The molecule has 4 rings (SSSR count). The van der Waals surface area contributed by atoms with Crippen LogP contribution in [0.2, 0.25) is 0 Å². The number of fused-ring (bicyclic) bond motifs is 1. The monoisotopic (exact) mass is 439 g/mol. The number of piperazine rings is 1. The number of carbonyl (C=O) groups excluding carboxylic acids is 2. The summed E-state index contributed by atoms with van der Waals surface area (Å²) in [5.74, 6) is -0.156. The predicted octanol–water partition coefficient (Wildman–Crippen LogP) is 1.82. The van der Waals surface area contributed by atoms with Crippen LogP contribution in [0.3, 0.4) is 0 Å². The number of hydrogen-bond acceptors (Lipinski definition) is 5. The minimum atomic E-state index is -0.156. The Hall–Kier alpha value is -2.91. The lowest BCUT2D eigenvalue weighted by Crippen LogP contribution is -2.48. The smallest absolute Gasteiger partial charge is 0.321 e. The second-order valence-electron chi connectivity index (χ2n) is 8.84. The Morgan fingerprint density at radius 2 is 1.84 bits per heavy atom. The molecule has 0 aliphatic carbocycles. The molecule has 0 spiro atoms. The standard InChI is InChI=1S/C23H33N7O2/c1-16(2)30-20-8-9-24-15-19(20)21(27-30)22(31)25-14-17-4-6-18(7-5-17)26-23(32)29-12-10-28(3)11-13-29/h4-7,16,24H,8-15H2,1-3H3,(H,25,31)(H,26,32). The molecule has 32 heavy (non-hydrogen) atoms. The summed E-state index contributed by atoms with van der Waals surface area (Å²) in [5.41, 5.74) is 4.39. The molecule has 3 amide bonds. The lowest BCUT2D eigenvalue weighted by Gasteiger charge is -2.32. The van der Waals surface area contributed by atoms with E-state index in [1.165, 1.54) is 0 Å². The van der Waals surface area contributed by atoms with Crippen LogP contribution in [0.4, 0.5) is 10.5 Å². The van der Waals surface area contributed by atoms with Gasteiger partial charge in [0.15, 0.2) is 5.69 Å². The van der Waals surface area contributed by atoms with E-state index in [9.17, 15) is 9.59 Å². The fourth-order valence-electron chi connectivity index (χ4n) is 4.17. The van der Waals surface area contributed by atoms with Crippen LogP contribution in [0.25, 0.3) is 0 Å². The molecule has 3 N–H and O–H groups in total. The Morgan fingerprint density at radius 3 is 2.53 bits per heavy atom. The third kappa shape index (κ3) is 4.94. The van der Waals surface area contributed by atoms with Gasteiger partial charge in [-0.15, -0.1) is 0 Å². The summed E-state index contributed by atoms with van der Waals surface area (Å²) in [6.45, 7) is 9.40. The second kappa shape index (κ2) is 9.70. The van der Waals surface area contributed by atoms with Crippen molar-refractivity contribution in [1.82, 2.24) is 30.2 Å². The lowest BCUT2D eigenvalue weighted by atomic mass is 10.1. The molecular formula is C23H33N7O2. The Morgan fingerprint density at radius 1 is 1.12 bits per heavy atom. The van der Waals surface area contributed by atoms with Crippen LogP contribution >= 0.6 is 0 Å². The second-order valence-corrected chi connectivity index (χ2v) is 8.84. The predicted molar refractivity (Wildman–Crippen MR) is 124 cm³/mol. The number of hydrogen-bond donors (Lipinski definition) is 3. The maximum Gasteiger partial charge on any atom is 0.321 e. The quantitative estimate of drug-likeness (QED) is 0.661. The molecule has 1 fully saturated rings. The average molecular weight is 440 g/mol. The van der Waals surface area contributed by atoms with E-state index >= 15 is 0 Å². The van der Waals surface area contributed by atoms with Crippen molar-refractivity contribution in [3.8, 4) is 0 Å². The fraction of sp³-hybridized carbons (Fsp3) is 0.522. The largest absolute Gasteiger partial charge is 0.347 e. The zero-order valence-corrected chi connectivity index (χ0v) is 19.1. The highest BCUT2D eigenvalue weighted by atomic mass is 16.2. The van der Waals surface area contributed by atoms with Crippen molar-refractivity contribution in [2.24, 2.45) is 0 Å². The first-order chi connectivity index (χ1) is 15.4. The van der Waals surface area contributed by atoms with Crippen LogP contribution in [0, 0.1) is 0 Å². The Labute approximate surface area is 189 Å². The summed E-state index contributed by atoms with van der Waals surface area (Å²) >= 11 is 0. The van der Waals surface area contributed by atoms with E-state index in [2.05, 4.69) is 46.8 Å². The van der Waals surface area contributed by atoms with Crippen molar-refractivity contribution in [1.29, 1.82) is 0 Å². The van der Waals surface area contributed by atoms with Gasteiger partial charge in [-0.2, -0.15) is 5.10 Å². The van der Waals surface area contributed by atoms with Crippen LogP contribution in [-0.2, 0) is 19.5 Å². The number of amides is 3. The zero-order valence-electron chi connectivity index (χ0n) is 19.1. The first-order valence-corrected chi connectivity index (χ1v) is 11.3. The lowest BCUT2D eigenvalue weighted by molar-refractivity contribution is 0.0943. The summed E-state index contributed by atoms with van der Waals surface area (Å²) in [4.78, 5) is 29.3. The molecule has 9 heteroatoms. The number of nitrogens with one attached hydrogen (secondary N) is 3. The van der Waals surface area contributed by atoms with Gasteiger partial charge < -0.3 is 25.8 Å². The summed E-state index contributed by atoms with van der Waals surface area (Å²) in [5, 5.41) is 13.9. The van der Waals surface area contributed by atoms with E-state index in [0.717, 1.165) is 61.7 Å². The van der Waals surface area contributed by atoms with Crippen LogP contribution < -0.4 is 16.0 Å². The first kappa shape index (κ1) is 22.3. The molecule has 0 bridgehead atoms. The highest BCUT2D eigenvalue weighted by Crippen LogP contribution is 2.22. The van der Waals surface area contributed by atoms with Crippen LogP contribution in [0.5, 0.6) is 0 Å². The number of likely N-dealkylation sites (N-methyl/N-ethyl adjacent to an activating group) is 1. The number of aromatic nitrogens is 2. The number of urea groups is 1. The Balaban J connectivity index is 1.34. The molecule has 3 heterocycles. The SMILES string of the molecule is CC(C)n1nc(C(=O)NCc2ccc(NC(=O)N3CCN(C)CC3)cc2)c2c1CCNC2. The number of rotatable bonds is 5. The van der Waals surface area contributed by atoms with Crippen LogP contribution in [0.15, 0.2) is 24.3 Å². The molecule has 1 aromatic heterocycles. The van der Waals surface area contributed by atoms with Gasteiger partial charge in [-0.05, 0) is 38.6 Å². The van der Waals surface area contributed by atoms with Gasteiger partial charge in [-0.25, -0.2) is 4.79 Å². The van der Waals surface area contributed by atoms with Crippen molar-refractivity contribution in [3.63, 3.8) is 0 Å². The summed E-state index contributed by atoms with van der Waals surface area (Å²) in [6.07, 6.45) is 0.884. The number of nitrogens with zero attached hydrogens (tertiary/aromatic N) is 4. The first-order valence-electron chi connectivity index (χ1n) is 11.3. The summed E-state index contributed by atoms with van der Waals surface area (Å²) < 4.78 is 1.98. The third-order valence-corrected chi connectivity index (χ3v) is 6.11. The Bertz CT molecular complexity index is 959. The molecular weight excluding hydrogens is 406 g/mol. The van der Waals surface area contributed by atoms with E-state index in [4.69, 9.17) is 0 Å². The van der Waals surface area contributed by atoms with Crippen LogP contribution in [0.1, 0.15) is 47.2 Å². The number of carbonyl (C=O) groups is 2. The highest BCUT2D eigenvalue weighted by Gasteiger charge is 2.25. The van der Waals surface area contributed by atoms with E-state index in [1.807, 2.05) is 33.8 Å². The van der Waals surface area contributed by atoms with Gasteiger partial charge in [-0.1, -0.05) is 12.1 Å². The molecule has 0 unspecified atom stereocenters. The van der Waals surface area contributed by atoms with Crippen molar-refractivity contribution in [2.75, 3.05) is 45.1 Å². The van der Waals surface area contributed by atoms with Gasteiger partial charge in [-0.3, -0.25) is 9.48 Å². The van der Waals surface area contributed by atoms with Gasteiger partial charge in [0.05, 0.1) is 0 Å². The molecule has 2 aliphatic rings. The van der Waals surface area contributed by atoms with E-state index in [1.54, 1.807) is 0 Å². The topological polar surface area (TPSA) is 94.5 Å². The summed E-state index contributed by atoms with van der Waals surface area (Å²) in [7, 11) is 2.06. The maximum atomic E-state index is 12.9. The van der Waals surface area contributed by atoms with Crippen molar-refractivity contribution >= 4 is 17.6 Å². The average Bonchev–Trinajstić information content (AvgIpc) is 3.19. The van der Waals surface area contributed by atoms with Crippen LogP contribution in [-0.4, -0.2) is 71.3 Å².